The Kier molecular flexibility index (Phi) is 4.65. The number of aromatic amines is 1. The largest absolute Gasteiger partial charge is 0.467 e. The van der Waals surface area contributed by atoms with Crippen molar-refractivity contribution in [2.45, 2.75) is 45.2 Å². The van der Waals surface area contributed by atoms with E-state index < -0.39 is 0 Å². The van der Waals surface area contributed by atoms with Crippen LogP contribution in [-0.4, -0.2) is 27.4 Å². The van der Waals surface area contributed by atoms with Crippen LogP contribution >= 0.6 is 0 Å². The van der Waals surface area contributed by atoms with Gasteiger partial charge >= 0.3 is 6.03 Å². The molecule has 1 fully saturated rings. The molecular formula is C20H24N4O2. The van der Waals surface area contributed by atoms with Crippen LogP contribution in [-0.2, 0) is 6.54 Å². The van der Waals surface area contributed by atoms with Gasteiger partial charge in [-0.15, -0.1) is 0 Å². The topological polar surface area (TPSA) is 74.2 Å². The van der Waals surface area contributed by atoms with Crippen molar-refractivity contribution in [1.29, 1.82) is 0 Å². The zero-order valence-corrected chi connectivity index (χ0v) is 15.0. The molecule has 0 bridgehead atoms. The number of hydrogen-bond donors (Lipinski definition) is 2. The van der Waals surface area contributed by atoms with Gasteiger partial charge in [0.15, 0.2) is 0 Å². The molecule has 1 atom stereocenters. The summed E-state index contributed by atoms with van der Waals surface area (Å²) in [7, 11) is 0. The van der Waals surface area contributed by atoms with Gasteiger partial charge in [-0.2, -0.15) is 0 Å². The first-order valence-corrected chi connectivity index (χ1v) is 9.24. The number of aromatic nitrogens is 2. The number of carbonyl (C=O) groups is 1. The molecule has 136 valence electrons. The van der Waals surface area contributed by atoms with Gasteiger partial charge in [-0.1, -0.05) is 18.9 Å². The highest BCUT2D eigenvalue weighted by atomic mass is 16.3. The highest BCUT2D eigenvalue weighted by Crippen LogP contribution is 2.30. The van der Waals surface area contributed by atoms with Crippen molar-refractivity contribution in [1.82, 2.24) is 20.2 Å². The fraction of sp³-hybridized carbons (Fsp3) is 0.400. The quantitative estimate of drug-likeness (QED) is 0.738. The van der Waals surface area contributed by atoms with E-state index in [4.69, 9.17) is 4.42 Å². The van der Waals surface area contributed by atoms with Crippen LogP contribution < -0.4 is 5.32 Å². The maximum absolute atomic E-state index is 12.9. The number of urea groups is 1. The van der Waals surface area contributed by atoms with Crippen molar-refractivity contribution in [3.05, 3.63) is 53.7 Å². The van der Waals surface area contributed by atoms with Crippen LogP contribution in [0.4, 0.5) is 4.79 Å². The summed E-state index contributed by atoms with van der Waals surface area (Å²) in [6, 6.07) is 9.87. The zero-order valence-electron chi connectivity index (χ0n) is 15.0. The van der Waals surface area contributed by atoms with Crippen LogP contribution in [0.5, 0.6) is 0 Å². The summed E-state index contributed by atoms with van der Waals surface area (Å²) < 4.78 is 5.59. The molecule has 1 aromatic carbocycles. The minimum atomic E-state index is -0.0332. The number of nitrogens with zero attached hydrogens (tertiary/aromatic N) is 2. The van der Waals surface area contributed by atoms with Gasteiger partial charge in [0.1, 0.15) is 11.6 Å². The summed E-state index contributed by atoms with van der Waals surface area (Å²) in [4.78, 5) is 22.4. The third kappa shape index (κ3) is 3.45. The van der Waals surface area contributed by atoms with E-state index in [1.54, 1.807) is 6.26 Å². The Balaban J connectivity index is 1.46. The molecule has 0 saturated carbocycles. The number of carbonyl (C=O) groups excluding carboxylic acids is 1. The van der Waals surface area contributed by atoms with E-state index in [-0.39, 0.29) is 12.1 Å². The fourth-order valence-corrected chi connectivity index (χ4v) is 3.70. The van der Waals surface area contributed by atoms with Crippen LogP contribution in [0.2, 0.25) is 0 Å². The Morgan fingerprint density at radius 2 is 2.27 bits per heavy atom. The third-order valence-electron chi connectivity index (χ3n) is 4.99. The number of imidazole rings is 1. The van der Waals surface area contributed by atoms with E-state index in [9.17, 15) is 4.79 Å². The maximum Gasteiger partial charge on any atom is 0.318 e. The lowest BCUT2D eigenvalue weighted by Gasteiger charge is -2.28. The molecule has 2 N–H and O–H groups in total. The lowest BCUT2D eigenvalue weighted by atomic mass is 10.1. The van der Waals surface area contributed by atoms with E-state index in [0.29, 0.717) is 6.54 Å². The first-order valence-electron chi connectivity index (χ1n) is 9.24. The zero-order chi connectivity index (χ0) is 17.9. The second-order valence-electron chi connectivity index (χ2n) is 6.91. The van der Waals surface area contributed by atoms with Crippen molar-refractivity contribution in [2.24, 2.45) is 0 Å². The summed E-state index contributed by atoms with van der Waals surface area (Å²) in [6.07, 6.45) is 5.92. The Morgan fingerprint density at radius 3 is 3.12 bits per heavy atom. The van der Waals surface area contributed by atoms with Gasteiger partial charge in [-0.3, -0.25) is 0 Å². The molecule has 0 radical (unpaired) electrons. The average molecular weight is 352 g/mol. The normalized spacial score (nSPS) is 18.0. The van der Waals surface area contributed by atoms with E-state index in [1.807, 2.05) is 42.2 Å². The Labute approximate surface area is 152 Å². The number of H-pyrrole nitrogens is 1. The Morgan fingerprint density at radius 1 is 1.35 bits per heavy atom. The average Bonchev–Trinajstić information content (AvgIpc) is 3.22. The molecule has 26 heavy (non-hydrogen) atoms. The van der Waals surface area contributed by atoms with Crippen molar-refractivity contribution in [3.8, 4) is 0 Å². The highest BCUT2D eigenvalue weighted by molar-refractivity contribution is 5.77. The SMILES string of the molecule is Cc1nc2ccc(CNC(=O)N3CCCCC[C@H]3c3ccco3)cc2[nH]1. The molecule has 0 unspecified atom stereocenters. The van der Waals surface area contributed by atoms with Crippen LogP contribution in [0.25, 0.3) is 11.0 Å². The molecule has 1 aliphatic rings. The lowest BCUT2D eigenvalue weighted by molar-refractivity contribution is 0.166. The standard InChI is InChI=1S/C20H24N4O2/c1-14-22-16-9-8-15(12-17(16)23-14)13-21-20(25)24-10-4-2-3-6-18(24)19-7-5-11-26-19/h5,7-9,11-12,18H,2-4,6,10,13H2,1H3,(H,21,25)(H,22,23)/t18-/m0/s1. The predicted molar refractivity (Wildman–Crippen MR) is 99.7 cm³/mol. The molecule has 3 heterocycles. The van der Waals surface area contributed by atoms with E-state index >= 15 is 0 Å². The summed E-state index contributed by atoms with van der Waals surface area (Å²) in [6.45, 7) is 3.19. The van der Waals surface area contributed by atoms with Crippen LogP contribution in [0.15, 0.2) is 41.0 Å². The van der Waals surface area contributed by atoms with E-state index in [1.165, 1.54) is 0 Å². The second kappa shape index (κ2) is 7.23. The summed E-state index contributed by atoms with van der Waals surface area (Å²) >= 11 is 0. The number of aryl methyl sites for hydroxylation is 1. The van der Waals surface area contributed by atoms with Crippen LogP contribution in [0, 0.1) is 6.92 Å². The molecule has 6 heteroatoms. The number of furan rings is 1. The molecule has 1 aliphatic heterocycles. The van der Waals surface area contributed by atoms with Gasteiger partial charge in [-0.05, 0) is 49.6 Å². The summed E-state index contributed by atoms with van der Waals surface area (Å²) in [5.74, 6) is 1.77. The highest BCUT2D eigenvalue weighted by Gasteiger charge is 2.28. The number of benzene rings is 1. The van der Waals surface area contributed by atoms with Gasteiger partial charge in [0.2, 0.25) is 0 Å². The molecule has 4 rings (SSSR count). The molecule has 6 nitrogen and oxygen atoms in total. The first kappa shape index (κ1) is 16.7. The van der Waals surface area contributed by atoms with Crippen LogP contribution in [0.1, 0.15) is 48.9 Å². The van der Waals surface area contributed by atoms with Gasteiger partial charge in [0.05, 0.1) is 23.3 Å². The summed E-state index contributed by atoms with van der Waals surface area (Å²) in [5.41, 5.74) is 3.00. The van der Waals surface area contributed by atoms with Gasteiger partial charge in [-0.25, -0.2) is 9.78 Å². The molecule has 3 aromatic rings. The van der Waals surface area contributed by atoms with Gasteiger partial charge < -0.3 is 19.6 Å². The number of amides is 2. The fourth-order valence-electron chi connectivity index (χ4n) is 3.70. The molecule has 0 spiro atoms. The third-order valence-corrected chi connectivity index (χ3v) is 4.99. The second-order valence-corrected chi connectivity index (χ2v) is 6.91. The first-order chi connectivity index (χ1) is 12.7. The van der Waals surface area contributed by atoms with Crippen molar-refractivity contribution in [3.63, 3.8) is 0 Å². The van der Waals surface area contributed by atoms with Crippen molar-refractivity contribution < 1.29 is 9.21 Å². The van der Waals surface area contributed by atoms with Crippen molar-refractivity contribution >= 4 is 17.1 Å². The van der Waals surface area contributed by atoms with Gasteiger partial charge in [0.25, 0.3) is 0 Å². The maximum atomic E-state index is 12.9. The minimum Gasteiger partial charge on any atom is -0.467 e. The minimum absolute atomic E-state index is 0.0187. The van der Waals surface area contributed by atoms with Crippen LogP contribution in [0.3, 0.4) is 0 Å². The number of rotatable bonds is 3. The number of likely N-dealkylation sites (tertiary alicyclic amines) is 1. The number of fused-ring (bicyclic) bond motifs is 1. The molecule has 2 aromatic heterocycles. The van der Waals surface area contributed by atoms with E-state index in [2.05, 4.69) is 15.3 Å². The van der Waals surface area contributed by atoms with E-state index in [0.717, 1.165) is 60.4 Å². The molecule has 0 aliphatic carbocycles. The smallest absolute Gasteiger partial charge is 0.318 e. The lowest BCUT2D eigenvalue weighted by Crippen LogP contribution is -2.41. The number of hydrogen-bond acceptors (Lipinski definition) is 3. The Bertz CT molecular complexity index is 884. The van der Waals surface area contributed by atoms with Gasteiger partial charge in [0, 0.05) is 13.1 Å². The Hall–Kier alpha value is -2.76. The monoisotopic (exact) mass is 352 g/mol. The molecular weight excluding hydrogens is 328 g/mol. The predicted octanol–water partition coefficient (Wildman–Crippen LogP) is 4.29. The molecule has 2 amide bonds. The molecule has 1 saturated heterocycles. The summed E-state index contributed by atoms with van der Waals surface area (Å²) in [5, 5.41) is 3.07. The van der Waals surface area contributed by atoms with Crippen molar-refractivity contribution in [2.75, 3.05) is 6.54 Å². The number of nitrogens with one attached hydrogen (secondary N) is 2.